The van der Waals surface area contributed by atoms with Crippen LogP contribution in [0.1, 0.15) is 48.7 Å². The highest BCUT2D eigenvalue weighted by molar-refractivity contribution is 7.17. The van der Waals surface area contributed by atoms with Crippen molar-refractivity contribution in [2.24, 2.45) is 0 Å². The summed E-state index contributed by atoms with van der Waals surface area (Å²) in [6.45, 7) is 4.45. The quantitative estimate of drug-likeness (QED) is 0.761. The van der Waals surface area contributed by atoms with Gasteiger partial charge < -0.3 is 9.64 Å². The van der Waals surface area contributed by atoms with Gasteiger partial charge in [-0.15, -0.1) is 11.3 Å². The third-order valence-electron chi connectivity index (χ3n) is 4.41. The molecule has 0 saturated carbocycles. The van der Waals surface area contributed by atoms with Gasteiger partial charge >= 0.3 is 0 Å². The van der Waals surface area contributed by atoms with Crippen LogP contribution < -0.4 is 4.74 Å². The van der Waals surface area contributed by atoms with Gasteiger partial charge in [0.1, 0.15) is 5.75 Å². The number of thiophene rings is 1. The molecular formula is C20H25NO2S. The van der Waals surface area contributed by atoms with E-state index in [9.17, 15) is 4.79 Å². The average molecular weight is 343 g/mol. The number of amides is 1. The van der Waals surface area contributed by atoms with Gasteiger partial charge in [-0.2, -0.15) is 0 Å². The molecule has 2 aromatic rings. The summed E-state index contributed by atoms with van der Waals surface area (Å²) in [6, 6.07) is 12.1. The van der Waals surface area contributed by atoms with Crippen molar-refractivity contribution in [2.45, 2.75) is 39.0 Å². The topological polar surface area (TPSA) is 29.5 Å². The molecule has 0 atom stereocenters. The average Bonchev–Trinajstić information content (AvgIpc) is 3.05. The molecule has 0 aliphatic carbocycles. The fourth-order valence-corrected chi connectivity index (χ4v) is 4.08. The highest BCUT2D eigenvalue weighted by Crippen LogP contribution is 2.30. The van der Waals surface area contributed by atoms with E-state index in [1.807, 2.05) is 30.0 Å². The van der Waals surface area contributed by atoms with Crippen molar-refractivity contribution < 1.29 is 9.53 Å². The maximum absolute atomic E-state index is 12.8. The number of nitrogens with zero attached hydrogens (tertiary/aromatic N) is 1. The summed E-state index contributed by atoms with van der Waals surface area (Å²) in [7, 11) is 0. The molecule has 3 rings (SSSR count). The van der Waals surface area contributed by atoms with E-state index >= 15 is 0 Å². The van der Waals surface area contributed by atoms with E-state index in [1.54, 1.807) is 11.3 Å². The van der Waals surface area contributed by atoms with Crippen molar-refractivity contribution >= 4 is 17.2 Å². The summed E-state index contributed by atoms with van der Waals surface area (Å²) in [4.78, 5) is 16.8. The molecular weight excluding hydrogens is 318 g/mol. The van der Waals surface area contributed by atoms with Crippen LogP contribution in [-0.2, 0) is 0 Å². The number of rotatable bonds is 4. The Morgan fingerprint density at radius 1 is 1.00 bits per heavy atom. The molecule has 0 spiro atoms. The summed E-state index contributed by atoms with van der Waals surface area (Å²) < 4.78 is 5.48. The molecule has 1 aliphatic rings. The monoisotopic (exact) mass is 343 g/mol. The smallest absolute Gasteiger partial charge is 0.263 e. The summed E-state index contributed by atoms with van der Waals surface area (Å²) in [5.41, 5.74) is 1.13. The maximum Gasteiger partial charge on any atom is 0.263 e. The molecule has 1 amide bonds. The molecule has 1 saturated heterocycles. The molecule has 128 valence electrons. The second-order valence-corrected chi connectivity index (χ2v) is 7.27. The summed E-state index contributed by atoms with van der Waals surface area (Å²) in [5.74, 6) is 1.08. The van der Waals surface area contributed by atoms with Crippen LogP contribution in [0.3, 0.4) is 0 Å². The number of hydrogen-bond donors (Lipinski definition) is 0. The minimum atomic E-state index is 0.194. The first-order chi connectivity index (χ1) is 11.8. The zero-order valence-corrected chi connectivity index (χ0v) is 15.1. The Bertz CT molecular complexity index is 655. The molecule has 0 radical (unpaired) electrons. The Hall–Kier alpha value is -1.81. The molecule has 2 heterocycles. The number of ether oxygens (including phenoxy) is 1. The highest BCUT2D eigenvalue weighted by atomic mass is 32.1. The second kappa shape index (κ2) is 8.34. The molecule has 1 fully saturated rings. The summed E-state index contributed by atoms with van der Waals surface area (Å²) >= 11 is 1.59. The van der Waals surface area contributed by atoms with Crippen LogP contribution in [0.15, 0.2) is 36.4 Å². The molecule has 0 N–H and O–H groups in total. The molecule has 0 unspecified atom stereocenters. The Kier molecular flexibility index (Phi) is 5.91. The zero-order chi connectivity index (χ0) is 16.8. The third kappa shape index (κ3) is 4.18. The Morgan fingerprint density at radius 3 is 2.33 bits per heavy atom. The van der Waals surface area contributed by atoms with Crippen molar-refractivity contribution in [2.75, 3.05) is 19.7 Å². The standard InChI is InChI=1S/C20H25NO2S/c1-2-23-17-10-8-16(9-11-17)18-12-13-19(24-18)20(22)21-14-6-4-3-5-7-15-21/h8-13H,2-7,14-15H2,1H3. The van der Waals surface area contributed by atoms with E-state index < -0.39 is 0 Å². The lowest BCUT2D eigenvalue weighted by Crippen LogP contribution is -2.33. The van der Waals surface area contributed by atoms with Crippen LogP contribution in [-0.4, -0.2) is 30.5 Å². The number of carbonyl (C=O) groups is 1. The summed E-state index contributed by atoms with van der Waals surface area (Å²) in [5, 5.41) is 0. The van der Waals surface area contributed by atoms with Gasteiger partial charge in [-0.3, -0.25) is 4.79 Å². The van der Waals surface area contributed by atoms with Gasteiger partial charge in [0.05, 0.1) is 11.5 Å². The van der Waals surface area contributed by atoms with E-state index in [0.717, 1.165) is 47.0 Å². The van der Waals surface area contributed by atoms with Gasteiger partial charge in [-0.25, -0.2) is 0 Å². The first-order valence-corrected chi connectivity index (χ1v) is 9.72. The first kappa shape index (κ1) is 17.0. The fourth-order valence-electron chi connectivity index (χ4n) is 3.10. The van der Waals surface area contributed by atoms with Crippen molar-refractivity contribution in [3.05, 3.63) is 41.3 Å². The molecule has 3 nitrogen and oxygen atoms in total. The maximum atomic E-state index is 12.8. The molecule has 1 aromatic heterocycles. The largest absolute Gasteiger partial charge is 0.494 e. The van der Waals surface area contributed by atoms with E-state index in [0.29, 0.717) is 6.61 Å². The predicted molar refractivity (Wildman–Crippen MR) is 99.9 cm³/mol. The van der Waals surface area contributed by atoms with Gasteiger partial charge in [-0.1, -0.05) is 19.3 Å². The number of carbonyl (C=O) groups excluding carboxylic acids is 1. The van der Waals surface area contributed by atoms with Crippen LogP contribution in [0.5, 0.6) is 5.75 Å². The van der Waals surface area contributed by atoms with Crippen molar-refractivity contribution in [1.29, 1.82) is 0 Å². The van der Waals surface area contributed by atoms with Crippen LogP contribution in [0, 0.1) is 0 Å². The van der Waals surface area contributed by atoms with Crippen molar-refractivity contribution in [3.8, 4) is 16.2 Å². The van der Waals surface area contributed by atoms with Crippen molar-refractivity contribution in [1.82, 2.24) is 4.90 Å². The van der Waals surface area contributed by atoms with Crippen LogP contribution >= 0.6 is 11.3 Å². The highest BCUT2D eigenvalue weighted by Gasteiger charge is 2.18. The number of benzene rings is 1. The third-order valence-corrected chi connectivity index (χ3v) is 5.53. The zero-order valence-electron chi connectivity index (χ0n) is 14.3. The Labute approximate surface area is 148 Å². The van der Waals surface area contributed by atoms with Gasteiger partial charge in [0, 0.05) is 18.0 Å². The predicted octanol–water partition coefficient (Wildman–Crippen LogP) is 5.22. The number of likely N-dealkylation sites (tertiary alicyclic amines) is 1. The fraction of sp³-hybridized carbons (Fsp3) is 0.450. The minimum Gasteiger partial charge on any atom is -0.494 e. The first-order valence-electron chi connectivity index (χ1n) is 8.90. The summed E-state index contributed by atoms with van der Waals surface area (Å²) in [6.07, 6.45) is 6.05. The Balaban J connectivity index is 1.70. The van der Waals surface area contributed by atoms with Gasteiger partial charge in [-0.05, 0) is 61.7 Å². The molecule has 4 heteroatoms. The molecule has 1 aromatic carbocycles. The van der Waals surface area contributed by atoms with Gasteiger partial charge in [0.25, 0.3) is 5.91 Å². The van der Waals surface area contributed by atoms with E-state index in [1.165, 1.54) is 19.3 Å². The van der Waals surface area contributed by atoms with Gasteiger partial charge in [0.15, 0.2) is 0 Å². The SMILES string of the molecule is CCOc1ccc(-c2ccc(C(=O)N3CCCCCCC3)s2)cc1. The van der Waals surface area contributed by atoms with Gasteiger partial charge in [0.2, 0.25) is 0 Å². The minimum absolute atomic E-state index is 0.194. The van der Waals surface area contributed by atoms with Crippen LogP contribution in [0.2, 0.25) is 0 Å². The van der Waals surface area contributed by atoms with E-state index in [4.69, 9.17) is 4.74 Å². The molecule has 0 bridgehead atoms. The van der Waals surface area contributed by atoms with Crippen molar-refractivity contribution in [3.63, 3.8) is 0 Å². The lowest BCUT2D eigenvalue weighted by atomic mass is 10.1. The van der Waals surface area contributed by atoms with E-state index in [2.05, 4.69) is 18.2 Å². The number of hydrogen-bond acceptors (Lipinski definition) is 3. The molecule has 24 heavy (non-hydrogen) atoms. The van der Waals surface area contributed by atoms with Crippen LogP contribution in [0.4, 0.5) is 0 Å². The molecule has 1 aliphatic heterocycles. The lowest BCUT2D eigenvalue weighted by molar-refractivity contribution is 0.0747. The Morgan fingerprint density at radius 2 is 1.67 bits per heavy atom. The lowest BCUT2D eigenvalue weighted by Gasteiger charge is -2.24. The van der Waals surface area contributed by atoms with E-state index in [-0.39, 0.29) is 5.91 Å². The second-order valence-electron chi connectivity index (χ2n) is 6.18. The normalized spacial score (nSPS) is 15.6. The van der Waals surface area contributed by atoms with Crippen LogP contribution in [0.25, 0.3) is 10.4 Å².